The summed E-state index contributed by atoms with van der Waals surface area (Å²) in [6.45, 7) is 0.277. The van der Waals surface area contributed by atoms with Gasteiger partial charge >= 0.3 is 0 Å². The number of hydrogen-bond acceptors (Lipinski definition) is 6. The van der Waals surface area contributed by atoms with Crippen LogP contribution in [0.25, 0.3) is 11.3 Å². The summed E-state index contributed by atoms with van der Waals surface area (Å²) < 4.78 is 34.3. The minimum absolute atomic E-state index is 0.0243. The molecule has 0 aliphatic carbocycles. The van der Waals surface area contributed by atoms with E-state index in [1.165, 1.54) is 16.8 Å². The Morgan fingerprint density at radius 3 is 2.73 bits per heavy atom. The first-order valence-corrected chi connectivity index (χ1v) is 11.0. The highest BCUT2D eigenvalue weighted by Gasteiger charge is 2.49. The molecular weight excluding hydrogens is 406 g/mol. The SMILES string of the molecule is CNC(=O)C1(Cc2cc(-c3ccccc3)no2)CCN(S(=O)(=O)c2cn(C)cn2)C1. The van der Waals surface area contributed by atoms with Gasteiger partial charge in [0, 0.05) is 51.4 Å². The number of rotatable bonds is 6. The molecule has 1 aliphatic rings. The minimum atomic E-state index is -3.79. The topological polar surface area (TPSA) is 110 Å². The van der Waals surface area contributed by atoms with Crippen LogP contribution in [-0.4, -0.2) is 53.5 Å². The number of benzene rings is 1. The average Bonchev–Trinajstić information content (AvgIpc) is 3.49. The van der Waals surface area contributed by atoms with Crippen LogP contribution in [-0.2, 0) is 28.3 Å². The molecule has 1 atom stereocenters. The molecule has 1 amide bonds. The number of nitrogens with one attached hydrogen (secondary N) is 1. The van der Waals surface area contributed by atoms with Gasteiger partial charge in [-0.05, 0) is 6.42 Å². The number of aryl methyl sites for hydroxylation is 1. The second-order valence-corrected chi connectivity index (χ2v) is 9.43. The van der Waals surface area contributed by atoms with Crippen LogP contribution < -0.4 is 5.32 Å². The van der Waals surface area contributed by atoms with Crippen LogP contribution in [0.1, 0.15) is 12.2 Å². The molecule has 0 saturated carbocycles. The van der Waals surface area contributed by atoms with Crippen molar-refractivity contribution in [3.63, 3.8) is 0 Å². The summed E-state index contributed by atoms with van der Waals surface area (Å²) >= 11 is 0. The smallest absolute Gasteiger partial charge is 0.262 e. The fraction of sp³-hybridized carbons (Fsp3) is 0.350. The van der Waals surface area contributed by atoms with E-state index in [0.717, 1.165) is 5.56 Å². The second kappa shape index (κ2) is 7.69. The fourth-order valence-corrected chi connectivity index (χ4v) is 5.34. The maximum absolute atomic E-state index is 13.0. The van der Waals surface area contributed by atoms with Crippen molar-refractivity contribution < 1.29 is 17.7 Å². The maximum Gasteiger partial charge on any atom is 0.262 e. The molecule has 0 radical (unpaired) electrons. The zero-order valence-electron chi connectivity index (χ0n) is 16.8. The predicted octanol–water partition coefficient (Wildman–Crippen LogP) is 1.44. The molecule has 3 aromatic rings. The van der Waals surface area contributed by atoms with E-state index < -0.39 is 15.4 Å². The maximum atomic E-state index is 13.0. The lowest BCUT2D eigenvalue weighted by atomic mass is 9.81. The zero-order chi connectivity index (χ0) is 21.4. The number of carbonyl (C=O) groups is 1. The third-order valence-corrected chi connectivity index (χ3v) is 7.18. The van der Waals surface area contributed by atoms with Crippen LogP contribution in [0.3, 0.4) is 0 Å². The molecule has 1 aromatic carbocycles. The molecule has 0 spiro atoms. The highest BCUT2D eigenvalue weighted by molar-refractivity contribution is 7.89. The van der Waals surface area contributed by atoms with E-state index >= 15 is 0 Å². The summed E-state index contributed by atoms with van der Waals surface area (Å²) in [7, 11) is -0.527. The lowest BCUT2D eigenvalue weighted by molar-refractivity contribution is -0.130. The molecule has 1 unspecified atom stereocenters. The van der Waals surface area contributed by atoms with Gasteiger partial charge in [0.2, 0.25) is 5.91 Å². The molecule has 4 rings (SSSR count). The molecule has 1 aliphatic heterocycles. The van der Waals surface area contributed by atoms with Gasteiger partial charge in [-0.2, -0.15) is 4.31 Å². The Hall–Kier alpha value is -2.98. The van der Waals surface area contributed by atoms with Crippen molar-refractivity contribution in [1.82, 2.24) is 24.3 Å². The third kappa shape index (κ3) is 3.63. The highest BCUT2D eigenvalue weighted by atomic mass is 32.2. The molecule has 1 saturated heterocycles. The van der Waals surface area contributed by atoms with Crippen molar-refractivity contribution in [2.75, 3.05) is 20.1 Å². The predicted molar refractivity (Wildman–Crippen MR) is 109 cm³/mol. The molecule has 1 N–H and O–H groups in total. The van der Waals surface area contributed by atoms with Crippen molar-refractivity contribution in [1.29, 1.82) is 0 Å². The quantitative estimate of drug-likeness (QED) is 0.635. The van der Waals surface area contributed by atoms with Gasteiger partial charge in [0.1, 0.15) is 11.5 Å². The van der Waals surface area contributed by atoms with E-state index in [9.17, 15) is 13.2 Å². The van der Waals surface area contributed by atoms with Crippen molar-refractivity contribution >= 4 is 15.9 Å². The van der Waals surface area contributed by atoms with E-state index in [2.05, 4.69) is 15.5 Å². The molecule has 9 nitrogen and oxygen atoms in total. The summed E-state index contributed by atoms with van der Waals surface area (Å²) in [5.74, 6) is 0.313. The first-order chi connectivity index (χ1) is 14.3. The standard InChI is InChI=1S/C20H23N5O4S/c1-21-19(26)20(11-16-10-17(23-29-16)15-6-4-3-5-7-15)8-9-25(13-20)30(27,28)18-12-24(2)14-22-18/h3-7,10,12,14H,8-9,11,13H2,1-2H3,(H,21,26). The number of aromatic nitrogens is 3. The fourth-order valence-electron chi connectivity index (χ4n) is 3.84. The minimum Gasteiger partial charge on any atom is -0.361 e. The highest BCUT2D eigenvalue weighted by Crippen LogP contribution is 2.37. The van der Waals surface area contributed by atoms with Crippen LogP contribution in [0.15, 0.2) is 58.5 Å². The lowest BCUT2D eigenvalue weighted by Gasteiger charge is -2.26. The molecular formula is C20H23N5O4S. The van der Waals surface area contributed by atoms with E-state index in [1.54, 1.807) is 24.7 Å². The van der Waals surface area contributed by atoms with Gasteiger partial charge in [-0.25, -0.2) is 13.4 Å². The zero-order valence-corrected chi connectivity index (χ0v) is 17.6. The van der Waals surface area contributed by atoms with Gasteiger partial charge in [0.15, 0.2) is 5.03 Å². The monoisotopic (exact) mass is 429 g/mol. The van der Waals surface area contributed by atoms with Crippen LogP contribution in [0.2, 0.25) is 0 Å². The van der Waals surface area contributed by atoms with Gasteiger partial charge in [-0.3, -0.25) is 4.79 Å². The van der Waals surface area contributed by atoms with Crippen LogP contribution in [0.5, 0.6) is 0 Å². The van der Waals surface area contributed by atoms with E-state index in [-0.39, 0.29) is 30.4 Å². The van der Waals surface area contributed by atoms with E-state index in [1.807, 2.05) is 30.3 Å². The first-order valence-electron chi connectivity index (χ1n) is 9.55. The number of imidazole rings is 1. The summed E-state index contributed by atoms with van der Waals surface area (Å²) in [6.07, 6.45) is 3.52. The van der Waals surface area contributed by atoms with Crippen LogP contribution in [0.4, 0.5) is 0 Å². The molecule has 10 heteroatoms. The first kappa shape index (κ1) is 20.3. The largest absolute Gasteiger partial charge is 0.361 e. The summed E-state index contributed by atoms with van der Waals surface area (Å²) in [4.78, 5) is 16.8. The second-order valence-electron chi connectivity index (χ2n) is 7.55. The Morgan fingerprint density at radius 2 is 2.07 bits per heavy atom. The number of nitrogens with zero attached hydrogens (tertiary/aromatic N) is 4. The van der Waals surface area contributed by atoms with Crippen LogP contribution in [0, 0.1) is 5.41 Å². The van der Waals surface area contributed by atoms with Gasteiger partial charge in [-0.15, -0.1) is 0 Å². The van der Waals surface area contributed by atoms with Gasteiger partial charge in [0.25, 0.3) is 10.0 Å². The van der Waals surface area contributed by atoms with Crippen molar-refractivity contribution in [2.45, 2.75) is 17.9 Å². The summed E-state index contributed by atoms with van der Waals surface area (Å²) in [6, 6.07) is 11.4. The molecule has 3 heterocycles. The Balaban J connectivity index is 1.59. The molecule has 30 heavy (non-hydrogen) atoms. The Bertz CT molecular complexity index is 1150. The molecule has 158 valence electrons. The number of sulfonamides is 1. The van der Waals surface area contributed by atoms with Gasteiger partial charge < -0.3 is 14.4 Å². The van der Waals surface area contributed by atoms with Crippen molar-refractivity contribution in [3.05, 3.63) is 54.7 Å². The Labute approximate surface area is 174 Å². The van der Waals surface area contributed by atoms with Crippen molar-refractivity contribution in [2.24, 2.45) is 12.5 Å². The average molecular weight is 430 g/mol. The summed E-state index contributed by atoms with van der Waals surface area (Å²) in [5.41, 5.74) is 0.644. The van der Waals surface area contributed by atoms with Crippen LogP contribution >= 0.6 is 0 Å². The third-order valence-electron chi connectivity index (χ3n) is 5.45. The van der Waals surface area contributed by atoms with E-state index in [0.29, 0.717) is 17.9 Å². The summed E-state index contributed by atoms with van der Waals surface area (Å²) in [5, 5.41) is 6.77. The number of amides is 1. The molecule has 1 fully saturated rings. The van der Waals surface area contributed by atoms with Gasteiger partial charge in [-0.1, -0.05) is 35.5 Å². The lowest BCUT2D eigenvalue weighted by Crippen LogP contribution is -2.44. The normalized spacial score (nSPS) is 19.8. The Morgan fingerprint density at radius 1 is 1.30 bits per heavy atom. The molecule has 0 bridgehead atoms. The van der Waals surface area contributed by atoms with Gasteiger partial charge in [0.05, 0.1) is 11.7 Å². The number of carbonyl (C=O) groups excluding carboxylic acids is 1. The molecule has 2 aromatic heterocycles. The van der Waals surface area contributed by atoms with Crippen molar-refractivity contribution in [3.8, 4) is 11.3 Å². The van der Waals surface area contributed by atoms with E-state index in [4.69, 9.17) is 4.52 Å². The number of hydrogen-bond donors (Lipinski definition) is 1. The Kier molecular flexibility index (Phi) is 5.20.